The Balaban J connectivity index is 2.27. The maximum atomic E-state index is 11.8. The highest BCUT2D eigenvalue weighted by Gasteiger charge is 2.31. The molecule has 0 aromatic carbocycles. The Bertz CT molecular complexity index is 273. The fourth-order valence-corrected chi connectivity index (χ4v) is 2.69. The Labute approximate surface area is 116 Å². The SMILES string of the molecule is CCN(CCO)CCCC(C)N1CC(CO)CC1=O. The van der Waals surface area contributed by atoms with Gasteiger partial charge in [-0.25, -0.2) is 0 Å². The van der Waals surface area contributed by atoms with Crippen LogP contribution in [0.25, 0.3) is 0 Å². The van der Waals surface area contributed by atoms with E-state index in [4.69, 9.17) is 10.2 Å². The molecule has 1 saturated heterocycles. The normalized spacial score (nSPS) is 21.4. The summed E-state index contributed by atoms with van der Waals surface area (Å²) in [6, 6.07) is 0.247. The molecule has 5 nitrogen and oxygen atoms in total. The van der Waals surface area contributed by atoms with E-state index in [1.165, 1.54) is 0 Å². The van der Waals surface area contributed by atoms with Gasteiger partial charge in [0.1, 0.15) is 0 Å². The van der Waals surface area contributed by atoms with E-state index in [9.17, 15) is 4.79 Å². The van der Waals surface area contributed by atoms with E-state index in [1.807, 2.05) is 4.90 Å². The first-order valence-corrected chi connectivity index (χ1v) is 7.35. The van der Waals surface area contributed by atoms with E-state index in [1.54, 1.807) is 0 Å². The van der Waals surface area contributed by atoms with Crippen LogP contribution >= 0.6 is 0 Å². The highest BCUT2D eigenvalue weighted by molar-refractivity contribution is 5.78. The summed E-state index contributed by atoms with van der Waals surface area (Å²) in [6.07, 6.45) is 2.50. The Kier molecular flexibility index (Phi) is 7.34. The first-order chi connectivity index (χ1) is 9.12. The van der Waals surface area contributed by atoms with Crippen molar-refractivity contribution in [2.75, 3.05) is 39.4 Å². The predicted molar refractivity (Wildman–Crippen MR) is 74.8 cm³/mol. The minimum atomic E-state index is 0.106. The molecule has 19 heavy (non-hydrogen) atoms. The Hall–Kier alpha value is -0.650. The molecule has 1 heterocycles. The molecule has 1 fully saturated rings. The summed E-state index contributed by atoms with van der Waals surface area (Å²) in [7, 11) is 0. The van der Waals surface area contributed by atoms with Crippen molar-refractivity contribution >= 4 is 5.91 Å². The lowest BCUT2D eigenvalue weighted by molar-refractivity contribution is -0.129. The standard InChI is InChI=1S/C14H28N2O3/c1-3-15(7-8-17)6-4-5-12(2)16-10-13(11-18)9-14(16)19/h12-13,17-18H,3-11H2,1-2H3. The molecule has 0 bridgehead atoms. The van der Waals surface area contributed by atoms with E-state index in [0.29, 0.717) is 13.0 Å². The van der Waals surface area contributed by atoms with Crippen molar-refractivity contribution in [1.82, 2.24) is 9.80 Å². The van der Waals surface area contributed by atoms with Crippen molar-refractivity contribution in [3.8, 4) is 0 Å². The molecule has 1 rings (SSSR count). The van der Waals surface area contributed by atoms with Crippen LogP contribution in [0.4, 0.5) is 0 Å². The first-order valence-electron chi connectivity index (χ1n) is 7.35. The molecule has 0 spiro atoms. The monoisotopic (exact) mass is 272 g/mol. The second kappa shape index (κ2) is 8.51. The average Bonchev–Trinajstić information content (AvgIpc) is 2.79. The molecule has 1 amide bonds. The molecule has 5 heteroatoms. The largest absolute Gasteiger partial charge is 0.396 e. The van der Waals surface area contributed by atoms with Crippen LogP contribution in [0.2, 0.25) is 0 Å². The summed E-state index contributed by atoms with van der Waals surface area (Å²) in [6.45, 7) is 7.82. The number of carbonyl (C=O) groups is 1. The Morgan fingerprint density at radius 3 is 2.68 bits per heavy atom. The van der Waals surface area contributed by atoms with Gasteiger partial charge in [0.25, 0.3) is 0 Å². The molecule has 1 aliphatic heterocycles. The van der Waals surface area contributed by atoms with E-state index >= 15 is 0 Å². The topological polar surface area (TPSA) is 64.0 Å². The van der Waals surface area contributed by atoms with Crippen LogP contribution in [-0.2, 0) is 4.79 Å². The number of likely N-dealkylation sites (tertiary alicyclic amines) is 1. The van der Waals surface area contributed by atoms with Crippen LogP contribution in [0.1, 0.15) is 33.1 Å². The zero-order chi connectivity index (χ0) is 14.3. The molecule has 0 aromatic rings. The van der Waals surface area contributed by atoms with Crippen LogP contribution in [0.5, 0.6) is 0 Å². The van der Waals surface area contributed by atoms with Gasteiger partial charge >= 0.3 is 0 Å². The minimum Gasteiger partial charge on any atom is -0.396 e. The highest BCUT2D eigenvalue weighted by atomic mass is 16.3. The van der Waals surface area contributed by atoms with Crippen molar-refractivity contribution in [1.29, 1.82) is 0 Å². The van der Waals surface area contributed by atoms with E-state index in [0.717, 1.165) is 32.5 Å². The lowest BCUT2D eigenvalue weighted by Gasteiger charge is -2.26. The number of hydrogen-bond acceptors (Lipinski definition) is 4. The Morgan fingerprint density at radius 1 is 1.42 bits per heavy atom. The number of aliphatic hydroxyl groups is 2. The second-order valence-corrected chi connectivity index (χ2v) is 5.45. The molecular formula is C14H28N2O3. The molecule has 112 valence electrons. The molecule has 0 radical (unpaired) electrons. The molecular weight excluding hydrogens is 244 g/mol. The number of aliphatic hydroxyl groups excluding tert-OH is 2. The summed E-state index contributed by atoms with van der Waals surface area (Å²) >= 11 is 0. The van der Waals surface area contributed by atoms with Gasteiger partial charge in [0.05, 0.1) is 6.61 Å². The van der Waals surface area contributed by atoms with Gasteiger partial charge < -0.3 is 20.0 Å². The lowest BCUT2D eigenvalue weighted by Crippen LogP contribution is -2.35. The van der Waals surface area contributed by atoms with Gasteiger partial charge in [0.2, 0.25) is 5.91 Å². The minimum absolute atomic E-state index is 0.106. The van der Waals surface area contributed by atoms with Crippen LogP contribution < -0.4 is 0 Å². The fourth-order valence-electron chi connectivity index (χ4n) is 2.69. The summed E-state index contributed by atoms with van der Waals surface area (Å²) in [5, 5.41) is 18.0. The highest BCUT2D eigenvalue weighted by Crippen LogP contribution is 2.21. The van der Waals surface area contributed by atoms with Gasteiger partial charge in [-0.3, -0.25) is 4.79 Å². The average molecular weight is 272 g/mol. The third-order valence-electron chi connectivity index (χ3n) is 3.99. The van der Waals surface area contributed by atoms with Gasteiger partial charge in [-0.15, -0.1) is 0 Å². The summed E-state index contributed by atoms with van der Waals surface area (Å²) in [4.78, 5) is 15.9. The summed E-state index contributed by atoms with van der Waals surface area (Å²) < 4.78 is 0. The molecule has 0 aliphatic carbocycles. The van der Waals surface area contributed by atoms with Crippen LogP contribution in [-0.4, -0.2) is 71.4 Å². The van der Waals surface area contributed by atoms with Crippen molar-refractivity contribution in [3.05, 3.63) is 0 Å². The number of carbonyl (C=O) groups excluding carboxylic acids is 1. The van der Waals surface area contributed by atoms with Crippen molar-refractivity contribution in [3.63, 3.8) is 0 Å². The van der Waals surface area contributed by atoms with Gasteiger partial charge in [0, 0.05) is 38.1 Å². The fraction of sp³-hybridized carbons (Fsp3) is 0.929. The van der Waals surface area contributed by atoms with Gasteiger partial charge in [-0.05, 0) is 32.9 Å². The Morgan fingerprint density at radius 2 is 2.16 bits per heavy atom. The molecule has 2 unspecified atom stereocenters. The number of hydrogen-bond donors (Lipinski definition) is 2. The van der Waals surface area contributed by atoms with E-state index in [-0.39, 0.29) is 31.1 Å². The summed E-state index contributed by atoms with van der Waals surface area (Å²) in [5.41, 5.74) is 0. The zero-order valence-corrected chi connectivity index (χ0v) is 12.2. The number of rotatable bonds is 9. The van der Waals surface area contributed by atoms with Gasteiger partial charge in [-0.1, -0.05) is 6.92 Å². The summed E-state index contributed by atoms with van der Waals surface area (Å²) in [5.74, 6) is 0.297. The number of likely N-dealkylation sites (N-methyl/N-ethyl adjacent to an activating group) is 1. The molecule has 2 atom stereocenters. The van der Waals surface area contributed by atoms with Crippen molar-refractivity contribution < 1.29 is 15.0 Å². The third-order valence-corrected chi connectivity index (χ3v) is 3.99. The number of nitrogens with zero attached hydrogens (tertiary/aromatic N) is 2. The van der Waals surface area contributed by atoms with Crippen LogP contribution in [0, 0.1) is 5.92 Å². The van der Waals surface area contributed by atoms with E-state index < -0.39 is 0 Å². The molecule has 2 N–H and O–H groups in total. The third kappa shape index (κ3) is 5.09. The van der Waals surface area contributed by atoms with Crippen LogP contribution in [0.15, 0.2) is 0 Å². The van der Waals surface area contributed by atoms with Gasteiger partial charge in [-0.2, -0.15) is 0 Å². The zero-order valence-electron chi connectivity index (χ0n) is 12.2. The smallest absolute Gasteiger partial charge is 0.223 e. The molecule has 0 aromatic heterocycles. The molecule has 1 aliphatic rings. The lowest BCUT2D eigenvalue weighted by atomic mass is 10.1. The second-order valence-electron chi connectivity index (χ2n) is 5.45. The predicted octanol–water partition coefficient (Wildman–Crippen LogP) is 0.310. The van der Waals surface area contributed by atoms with Gasteiger partial charge in [0.15, 0.2) is 0 Å². The molecule has 0 saturated carbocycles. The number of amides is 1. The first kappa shape index (κ1) is 16.4. The maximum Gasteiger partial charge on any atom is 0.223 e. The van der Waals surface area contributed by atoms with Crippen LogP contribution in [0.3, 0.4) is 0 Å². The van der Waals surface area contributed by atoms with E-state index in [2.05, 4.69) is 18.7 Å². The van der Waals surface area contributed by atoms with Crippen molar-refractivity contribution in [2.24, 2.45) is 5.92 Å². The quantitative estimate of drug-likeness (QED) is 0.634. The van der Waals surface area contributed by atoms with Crippen molar-refractivity contribution in [2.45, 2.75) is 39.2 Å². The maximum absolute atomic E-state index is 11.8.